The summed E-state index contributed by atoms with van der Waals surface area (Å²) in [6.45, 7) is 0. The third-order valence-electron chi connectivity index (χ3n) is 2.59. The molecule has 0 amide bonds. The quantitative estimate of drug-likeness (QED) is 0.686. The van der Waals surface area contributed by atoms with Crippen molar-refractivity contribution in [1.82, 2.24) is 0 Å². The maximum atomic E-state index is 12.8. The molecule has 3 heteroatoms. The first-order chi connectivity index (χ1) is 6.72. The molecule has 0 saturated heterocycles. The molecule has 0 aromatic heterocycles. The first-order valence-corrected chi connectivity index (χ1v) is 4.70. The van der Waals surface area contributed by atoms with E-state index in [-0.39, 0.29) is 5.82 Å². The Kier molecular flexibility index (Phi) is 2.23. The van der Waals surface area contributed by atoms with Crippen molar-refractivity contribution in [3.05, 3.63) is 29.6 Å². The molecule has 2 nitrogen and oxygen atoms in total. The van der Waals surface area contributed by atoms with Crippen LogP contribution < -0.4 is 4.90 Å². The fourth-order valence-corrected chi connectivity index (χ4v) is 1.60. The summed E-state index contributed by atoms with van der Waals surface area (Å²) in [5, 5.41) is 0. The third kappa shape index (κ3) is 1.62. The molecule has 0 radical (unpaired) electrons. The molecule has 0 heterocycles. The molecule has 1 aliphatic carbocycles. The predicted molar refractivity (Wildman–Crippen MR) is 53.2 cm³/mol. The zero-order valence-corrected chi connectivity index (χ0v) is 8.03. The molecule has 0 bridgehead atoms. The standard InChI is InChI=1S/C11H12FNO/c1-13(10-3-4-10)11-5-2-9(12)6-8(11)7-14/h2,5-7,10H,3-4H2,1H3. The zero-order valence-electron chi connectivity index (χ0n) is 8.03. The van der Waals surface area contributed by atoms with E-state index in [9.17, 15) is 9.18 Å². The van der Waals surface area contributed by atoms with Crippen LogP contribution >= 0.6 is 0 Å². The lowest BCUT2D eigenvalue weighted by Gasteiger charge is -2.20. The lowest BCUT2D eigenvalue weighted by atomic mass is 10.1. The summed E-state index contributed by atoms with van der Waals surface area (Å²) in [4.78, 5) is 12.8. The molecule has 1 aromatic carbocycles. The van der Waals surface area contributed by atoms with E-state index in [1.54, 1.807) is 6.07 Å². The lowest BCUT2D eigenvalue weighted by Crippen LogP contribution is -2.20. The van der Waals surface area contributed by atoms with Crippen LogP contribution in [0.15, 0.2) is 18.2 Å². The van der Waals surface area contributed by atoms with Crippen LogP contribution in [-0.4, -0.2) is 19.4 Å². The van der Waals surface area contributed by atoms with Gasteiger partial charge in [0, 0.05) is 24.3 Å². The van der Waals surface area contributed by atoms with Crippen LogP contribution in [0, 0.1) is 5.82 Å². The second-order valence-corrected chi connectivity index (χ2v) is 3.66. The smallest absolute Gasteiger partial charge is 0.152 e. The Balaban J connectivity index is 2.35. The fraction of sp³-hybridized carbons (Fsp3) is 0.364. The van der Waals surface area contributed by atoms with Gasteiger partial charge in [-0.3, -0.25) is 4.79 Å². The van der Waals surface area contributed by atoms with Gasteiger partial charge in [0.15, 0.2) is 6.29 Å². The molecule has 2 rings (SSSR count). The SMILES string of the molecule is CN(c1ccc(F)cc1C=O)C1CC1. The van der Waals surface area contributed by atoms with Crippen LogP contribution in [0.1, 0.15) is 23.2 Å². The third-order valence-corrected chi connectivity index (χ3v) is 2.59. The van der Waals surface area contributed by atoms with Crippen molar-refractivity contribution in [3.8, 4) is 0 Å². The van der Waals surface area contributed by atoms with Crippen molar-refractivity contribution in [3.63, 3.8) is 0 Å². The summed E-state index contributed by atoms with van der Waals surface area (Å²) in [7, 11) is 1.94. The van der Waals surface area contributed by atoms with Crippen molar-refractivity contribution in [1.29, 1.82) is 0 Å². The number of carbonyl (C=O) groups excluding carboxylic acids is 1. The van der Waals surface area contributed by atoms with Crippen molar-refractivity contribution in [2.75, 3.05) is 11.9 Å². The van der Waals surface area contributed by atoms with Crippen LogP contribution in [-0.2, 0) is 0 Å². The first kappa shape index (κ1) is 9.19. The van der Waals surface area contributed by atoms with Gasteiger partial charge in [-0.2, -0.15) is 0 Å². The van der Waals surface area contributed by atoms with E-state index in [1.807, 2.05) is 11.9 Å². The highest BCUT2D eigenvalue weighted by Gasteiger charge is 2.27. The summed E-state index contributed by atoms with van der Waals surface area (Å²) in [5.41, 5.74) is 1.25. The minimum Gasteiger partial charge on any atom is -0.371 e. The van der Waals surface area contributed by atoms with Gasteiger partial charge >= 0.3 is 0 Å². The van der Waals surface area contributed by atoms with E-state index in [0.29, 0.717) is 17.9 Å². The minimum absolute atomic E-state index is 0.361. The second-order valence-electron chi connectivity index (χ2n) is 3.66. The largest absolute Gasteiger partial charge is 0.371 e. The summed E-state index contributed by atoms with van der Waals surface area (Å²) in [6.07, 6.45) is 3.02. The molecule has 0 unspecified atom stereocenters. The Labute approximate surface area is 82.3 Å². The Bertz CT molecular complexity index is 360. The van der Waals surface area contributed by atoms with Gasteiger partial charge in [-0.15, -0.1) is 0 Å². The Morgan fingerprint density at radius 2 is 2.21 bits per heavy atom. The van der Waals surface area contributed by atoms with Crippen molar-refractivity contribution < 1.29 is 9.18 Å². The van der Waals surface area contributed by atoms with Gasteiger partial charge in [-0.25, -0.2) is 4.39 Å². The highest BCUT2D eigenvalue weighted by atomic mass is 19.1. The normalized spacial score (nSPS) is 15.3. The molecule has 0 aliphatic heterocycles. The molecule has 74 valence electrons. The number of carbonyl (C=O) groups is 1. The number of hydrogen-bond donors (Lipinski definition) is 0. The number of nitrogens with zero attached hydrogens (tertiary/aromatic N) is 1. The molecule has 1 aliphatic rings. The maximum Gasteiger partial charge on any atom is 0.152 e. The van der Waals surface area contributed by atoms with Gasteiger partial charge in [-0.05, 0) is 31.0 Å². The van der Waals surface area contributed by atoms with E-state index in [0.717, 1.165) is 18.5 Å². The van der Waals surface area contributed by atoms with Gasteiger partial charge < -0.3 is 4.90 Å². The molecule has 0 spiro atoms. The number of benzene rings is 1. The van der Waals surface area contributed by atoms with Crippen molar-refractivity contribution in [2.24, 2.45) is 0 Å². The number of rotatable bonds is 3. The van der Waals surface area contributed by atoms with Crippen LogP contribution in [0.25, 0.3) is 0 Å². The minimum atomic E-state index is -0.361. The van der Waals surface area contributed by atoms with E-state index in [2.05, 4.69) is 0 Å². The van der Waals surface area contributed by atoms with Crippen molar-refractivity contribution >= 4 is 12.0 Å². The number of hydrogen-bond acceptors (Lipinski definition) is 2. The molecule has 1 saturated carbocycles. The molecular formula is C11H12FNO. The monoisotopic (exact) mass is 193 g/mol. The van der Waals surface area contributed by atoms with Crippen LogP contribution in [0.4, 0.5) is 10.1 Å². The summed E-state index contributed by atoms with van der Waals surface area (Å²) in [5.74, 6) is -0.361. The molecule has 14 heavy (non-hydrogen) atoms. The average molecular weight is 193 g/mol. The average Bonchev–Trinajstić information content (AvgIpc) is 3.00. The number of halogens is 1. The van der Waals surface area contributed by atoms with Gasteiger partial charge in [0.25, 0.3) is 0 Å². The number of aldehydes is 1. The Morgan fingerprint density at radius 3 is 2.79 bits per heavy atom. The topological polar surface area (TPSA) is 20.3 Å². The summed E-state index contributed by atoms with van der Waals surface area (Å²) < 4.78 is 12.8. The molecule has 0 N–H and O–H groups in total. The fourth-order valence-electron chi connectivity index (χ4n) is 1.60. The molecular weight excluding hydrogens is 181 g/mol. The lowest BCUT2D eigenvalue weighted by molar-refractivity contribution is 0.112. The highest BCUT2D eigenvalue weighted by Crippen LogP contribution is 2.31. The number of anilines is 1. The van der Waals surface area contributed by atoms with E-state index >= 15 is 0 Å². The van der Waals surface area contributed by atoms with Gasteiger partial charge in [0.2, 0.25) is 0 Å². The maximum absolute atomic E-state index is 12.8. The van der Waals surface area contributed by atoms with Gasteiger partial charge in [-0.1, -0.05) is 0 Å². The van der Waals surface area contributed by atoms with Gasteiger partial charge in [0.1, 0.15) is 5.82 Å². The van der Waals surface area contributed by atoms with Crippen LogP contribution in [0.2, 0.25) is 0 Å². The molecule has 0 atom stereocenters. The van der Waals surface area contributed by atoms with E-state index in [4.69, 9.17) is 0 Å². The van der Waals surface area contributed by atoms with Gasteiger partial charge in [0.05, 0.1) is 0 Å². The Hall–Kier alpha value is -1.38. The van der Waals surface area contributed by atoms with Crippen LogP contribution in [0.3, 0.4) is 0 Å². The summed E-state index contributed by atoms with van der Waals surface area (Å²) in [6, 6.07) is 4.86. The Morgan fingerprint density at radius 1 is 1.50 bits per heavy atom. The highest BCUT2D eigenvalue weighted by molar-refractivity contribution is 5.84. The van der Waals surface area contributed by atoms with Crippen molar-refractivity contribution in [2.45, 2.75) is 18.9 Å². The summed E-state index contributed by atoms with van der Waals surface area (Å²) >= 11 is 0. The first-order valence-electron chi connectivity index (χ1n) is 4.70. The van der Waals surface area contributed by atoms with E-state index < -0.39 is 0 Å². The second kappa shape index (κ2) is 3.40. The molecule has 1 fully saturated rings. The predicted octanol–water partition coefficient (Wildman–Crippen LogP) is 2.24. The van der Waals surface area contributed by atoms with E-state index in [1.165, 1.54) is 12.1 Å². The molecule has 1 aromatic rings. The van der Waals surface area contributed by atoms with Crippen LogP contribution in [0.5, 0.6) is 0 Å². The zero-order chi connectivity index (χ0) is 10.1.